The first kappa shape index (κ1) is 10.1. The van der Waals surface area contributed by atoms with Crippen molar-refractivity contribution in [2.45, 2.75) is 13.8 Å². The molecule has 0 aromatic carbocycles. The SMILES string of the molecule is CC(=O)c1c(C)nsc1NN(C)C. The molecular formula is C8H13N3OS. The lowest BCUT2D eigenvalue weighted by molar-refractivity contribution is 0.101. The summed E-state index contributed by atoms with van der Waals surface area (Å²) < 4.78 is 4.12. The van der Waals surface area contributed by atoms with Crippen LogP contribution >= 0.6 is 11.5 Å². The minimum absolute atomic E-state index is 0.0515. The van der Waals surface area contributed by atoms with Crippen LogP contribution in [0.1, 0.15) is 23.0 Å². The lowest BCUT2D eigenvalue weighted by Crippen LogP contribution is -2.20. The number of anilines is 1. The van der Waals surface area contributed by atoms with Crippen LogP contribution in [0.5, 0.6) is 0 Å². The Morgan fingerprint density at radius 1 is 1.54 bits per heavy atom. The van der Waals surface area contributed by atoms with Crippen molar-refractivity contribution in [2.24, 2.45) is 0 Å². The average Bonchev–Trinajstić information content (AvgIpc) is 2.30. The van der Waals surface area contributed by atoms with Crippen LogP contribution in [0, 0.1) is 6.92 Å². The molecule has 0 saturated carbocycles. The lowest BCUT2D eigenvalue weighted by Gasteiger charge is -2.11. The highest BCUT2D eigenvalue weighted by Crippen LogP contribution is 2.24. The van der Waals surface area contributed by atoms with Gasteiger partial charge >= 0.3 is 0 Å². The quantitative estimate of drug-likeness (QED) is 0.592. The van der Waals surface area contributed by atoms with Crippen molar-refractivity contribution >= 4 is 22.3 Å². The van der Waals surface area contributed by atoms with Crippen molar-refractivity contribution in [1.29, 1.82) is 0 Å². The number of nitrogens with one attached hydrogen (secondary N) is 1. The third-order valence-electron chi connectivity index (χ3n) is 1.54. The maximum atomic E-state index is 11.2. The van der Waals surface area contributed by atoms with Crippen molar-refractivity contribution in [3.8, 4) is 0 Å². The highest BCUT2D eigenvalue weighted by atomic mass is 32.1. The minimum Gasteiger partial charge on any atom is -0.309 e. The van der Waals surface area contributed by atoms with Crippen LogP contribution in [0.2, 0.25) is 0 Å². The third-order valence-corrected chi connectivity index (χ3v) is 2.38. The molecule has 1 rings (SSSR count). The van der Waals surface area contributed by atoms with E-state index in [2.05, 4.69) is 9.80 Å². The molecule has 13 heavy (non-hydrogen) atoms. The first-order valence-corrected chi connectivity index (χ1v) is 4.71. The Bertz CT molecular complexity index is 319. The minimum atomic E-state index is 0.0515. The molecule has 5 heteroatoms. The Morgan fingerprint density at radius 3 is 2.62 bits per heavy atom. The molecule has 0 aliphatic carbocycles. The van der Waals surface area contributed by atoms with E-state index in [1.807, 2.05) is 21.0 Å². The first-order chi connectivity index (χ1) is 6.02. The second-order valence-corrected chi connectivity index (χ2v) is 3.81. The van der Waals surface area contributed by atoms with Gasteiger partial charge in [-0.2, -0.15) is 4.37 Å². The van der Waals surface area contributed by atoms with Crippen molar-refractivity contribution < 1.29 is 4.79 Å². The molecule has 0 bridgehead atoms. The fourth-order valence-corrected chi connectivity index (χ4v) is 1.99. The second kappa shape index (κ2) is 3.85. The van der Waals surface area contributed by atoms with Crippen LogP contribution < -0.4 is 5.43 Å². The van der Waals surface area contributed by atoms with Gasteiger partial charge in [0.25, 0.3) is 0 Å². The predicted molar refractivity (Wildman–Crippen MR) is 54.2 cm³/mol. The van der Waals surface area contributed by atoms with Crippen LogP contribution in [0.25, 0.3) is 0 Å². The van der Waals surface area contributed by atoms with Gasteiger partial charge in [-0.05, 0) is 25.4 Å². The molecule has 0 fully saturated rings. The summed E-state index contributed by atoms with van der Waals surface area (Å²) in [5.41, 5.74) is 4.53. The molecule has 1 aromatic heterocycles. The fraction of sp³-hybridized carbons (Fsp3) is 0.500. The van der Waals surface area contributed by atoms with Gasteiger partial charge in [0.2, 0.25) is 0 Å². The number of hydrazine groups is 1. The number of aromatic nitrogens is 1. The van der Waals surface area contributed by atoms with Crippen molar-refractivity contribution in [2.75, 3.05) is 19.5 Å². The molecule has 0 saturated heterocycles. The topological polar surface area (TPSA) is 45.2 Å². The smallest absolute Gasteiger partial charge is 0.164 e. The highest BCUT2D eigenvalue weighted by Gasteiger charge is 2.14. The largest absolute Gasteiger partial charge is 0.309 e. The zero-order valence-electron chi connectivity index (χ0n) is 8.21. The number of hydrogen-bond acceptors (Lipinski definition) is 5. The summed E-state index contributed by atoms with van der Waals surface area (Å²) in [5.74, 6) is 0.0515. The van der Waals surface area contributed by atoms with E-state index < -0.39 is 0 Å². The summed E-state index contributed by atoms with van der Waals surface area (Å²) in [6.07, 6.45) is 0. The Labute approximate surface area is 81.7 Å². The molecule has 0 spiro atoms. The molecule has 72 valence electrons. The number of hydrogen-bond donors (Lipinski definition) is 1. The normalized spacial score (nSPS) is 10.5. The maximum absolute atomic E-state index is 11.2. The second-order valence-electron chi connectivity index (χ2n) is 3.03. The lowest BCUT2D eigenvalue weighted by atomic mass is 10.2. The molecule has 1 N–H and O–H groups in total. The highest BCUT2D eigenvalue weighted by molar-refractivity contribution is 7.10. The Kier molecular flexibility index (Phi) is 3.00. The molecule has 4 nitrogen and oxygen atoms in total. The Balaban J connectivity index is 3.00. The zero-order chi connectivity index (χ0) is 10.0. The van der Waals surface area contributed by atoms with Crippen LogP contribution in [0.4, 0.5) is 5.00 Å². The Hall–Kier alpha value is -0.940. The van der Waals surface area contributed by atoms with E-state index in [1.54, 1.807) is 11.9 Å². The summed E-state index contributed by atoms with van der Waals surface area (Å²) in [5, 5.41) is 2.61. The van der Waals surface area contributed by atoms with Crippen LogP contribution in [-0.2, 0) is 0 Å². The Morgan fingerprint density at radius 2 is 2.15 bits per heavy atom. The number of carbonyl (C=O) groups excluding carboxylic acids is 1. The van der Waals surface area contributed by atoms with Crippen molar-refractivity contribution in [3.63, 3.8) is 0 Å². The van der Waals surface area contributed by atoms with E-state index >= 15 is 0 Å². The molecule has 1 heterocycles. The molecule has 0 radical (unpaired) electrons. The molecule has 0 aliphatic rings. The van der Waals surface area contributed by atoms with E-state index in [1.165, 1.54) is 11.5 Å². The molecule has 0 atom stereocenters. The predicted octanol–water partition coefficient (Wildman–Crippen LogP) is 1.54. The number of ketones is 1. The standard InChI is InChI=1S/C8H13N3OS/c1-5-7(6(2)12)8(13-10-5)9-11(3)4/h9H,1-4H3. The summed E-state index contributed by atoms with van der Waals surface area (Å²) in [6, 6.07) is 0. The zero-order valence-corrected chi connectivity index (χ0v) is 9.03. The number of carbonyl (C=O) groups is 1. The van der Waals surface area contributed by atoms with E-state index in [0.29, 0.717) is 5.56 Å². The van der Waals surface area contributed by atoms with Gasteiger partial charge in [0.05, 0.1) is 11.3 Å². The summed E-state index contributed by atoms with van der Waals surface area (Å²) in [7, 11) is 3.75. The van der Waals surface area contributed by atoms with Gasteiger partial charge in [-0.1, -0.05) is 0 Å². The van der Waals surface area contributed by atoms with E-state index in [4.69, 9.17) is 0 Å². The van der Waals surface area contributed by atoms with Crippen LogP contribution in [0.3, 0.4) is 0 Å². The van der Waals surface area contributed by atoms with Gasteiger partial charge in [-0.25, -0.2) is 5.01 Å². The molecule has 0 unspecified atom stereocenters. The van der Waals surface area contributed by atoms with Crippen LogP contribution in [0.15, 0.2) is 0 Å². The van der Waals surface area contributed by atoms with Gasteiger partial charge < -0.3 is 5.43 Å². The molecule has 0 amide bonds. The summed E-state index contributed by atoms with van der Waals surface area (Å²) in [6.45, 7) is 3.39. The van der Waals surface area contributed by atoms with Crippen LogP contribution in [-0.4, -0.2) is 29.3 Å². The van der Waals surface area contributed by atoms with Crippen molar-refractivity contribution in [3.05, 3.63) is 11.3 Å². The van der Waals surface area contributed by atoms with Gasteiger partial charge in [0, 0.05) is 14.1 Å². The number of nitrogens with zero attached hydrogens (tertiary/aromatic N) is 2. The van der Waals surface area contributed by atoms with E-state index in [0.717, 1.165) is 10.7 Å². The van der Waals surface area contributed by atoms with Gasteiger partial charge in [0.15, 0.2) is 5.78 Å². The maximum Gasteiger partial charge on any atom is 0.164 e. The number of aryl methyl sites for hydroxylation is 1. The number of Topliss-reactive ketones (excluding diaryl/α,β-unsaturated/α-hetero) is 1. The number of rotatable bonds is 3. The molecule has 1 aromatic rings. The van der Waals surface area contributed by atoms with Gasteiger partial charge in [-0.15, -0.1) is 0 Å². The van der Waals surface area contributed by atoms with E-state index in [9.17, 15) is 4.79 Å². The summed E-state index contributed by atoms with van der Waals surface area (Å²) in [4.78, 5) is 11.2. The van der Waals surface area contributed by atoms with E-state index in [-0.39, 0.29) is 5.78 Å². The van der Waals surface area contributed by atoms with Gasteiger partial charge in [0.1, 0.15) is 5.00 Å². The van der Waals surface area contributed by atoms with Gasteiger partial charge in [-0.3, -0.25) is 4.79 Å². The van der Waals surface area contributed by atoms with Crippen molar-refractivity contribution in [1.82, 2.24) is 9.38 Å². The summed E-state index contributed by atoms with van der Waals surface area (Å²) >= 11 is 1.31. The average molecular weight is 199 g/mol. The monoisotopic (exact) mass is 199 g/mol. The molecule has 0 aliphatic heterocycles. The third kappa shape index (κ3) is 2.26. The molecular weight excluding hydrogens is 186 g/mol. The first-order valence-electron chi connectivity index (χ1n) is 3.93. The fourth-order valence-electron chi connectivity index (χ4n) is 1.06.